The molecule has 0 aliphatic carbocycles. The van der Waals surface area contributed by atoms with Gasteiger partial charge in [0.2, 0.25) is 5.91 Å². The zero-order chi connectivity index (χ0) is 21.3. The number of piperidine rings is 1. The van der Waals surface area contributed by atoms with Crippen molar-refractivity contribution in [3.63, 3.8) is 0 Å². The molecule has 2 aromatic carbocycles. The smallest absolute Gasteiger partial charge is 0.222 e. The highest BCUT2D eigenvalue weighted by Gasteiger charge is 2.27. The summed E-state index contributed by atoms with van der Waals surface area (Å²) in [7, 11) is 0. The molecule has 0 bridgehead atoms. The van der Waals surface area contributed by atoms with Gasteiger partial charge in [-0.15, -0.1) is 0 Å². The van der Waals surface area contributed by atoms with E-state index < -0.39 is 0 Å². The van der Waals surface area contributed by atoms with Crippen LogP contribution >= 0.6 is 23.2 Å². The molecule has 0 saturated carbocycles. The van der Waals surface area contributed by atoms with Gasteiger partial charge in [-0.3, -0.25) is 4.79 Å². The van der Waals surface area contributed by atoms with E-state index >= 15 is 0 Å². The van der Waals surface area contributed by atoms with Crippen molar-refractivity contribution in [2.24, 2.45) is 0 Å². The molecule has 1 aliphatic heterocycles. The number of hydrogen-bond donors (Lipinski definition) is 0. The van der Waals surface area contributed by atoms with Crippen LogP contribution in [-0.4, -0.2) is 33.4 Å². The first kappa shape index (κ1) is 21.2. The second-order valence-corrected chi connectivity index (χ2v) is 8.80. The zero-order valence-corrected chi connectivity index (χ0v) is 19.0. The third kappa shape index (κ3) is 4.21. The molecule has 0 radical (unpaired) electrons. The topological polar surface area (TPSA) is 38.1 Å². The fourth-order valence-electron chi connectivity index (χ4n) is 4.29. The first-order chi connectivity index (χ1) is 14.5. The third-order valence-corrected chi connectivity index (χ3v) is 6.83. The number of nitrogens with zero attached hydrogens (tertiary/aromatic N) is 3. The summed E-state index contributed by atoms with van der Waals surface area (Å²) in [5.74, 6) is 1.61. The van der Waals surface area contributed by atoms with Crippen molar-refractivity contribution in [1.29, 1.82) is 0 Å². The van der Waals surface area contributed by atoms with E-state index in [4.69, 9.17) is 28.2 Å². The lowest BCUT2D eigenvalue weighted by Gasteiger charge is -2.32. The minimum absolute atomic E-state index is 0.233. The molecule has 1 fully saturated rings. The predicted molar refractivity (Wildman–Crippen MR) is 124 cm³/mol. The summed E-state index contributed by atoms with van der Waals surface area (Å²) in [4.78, 5) is 19.0. The Bertz CT molecular complexity index is 1050. The molecule has 4 nitrogen and oxygen atoms in total. The van der Waals surface area contributed by atoms with E-state index in [-0.39, 0.29) is 5.91 Å². The maximum absolute atomic E-state index is 12.1. The molecule has 4 rings (SSSR count). The summed E-state index contributed by atoms with van der Waals surface area (Å²) in [6.07, 6.45) is 3.44. The minimum Gasteiger partial charge on any atom is -0.343 e. The Labute approximate surface area is 187 Å². The molecule has 1 amide bonds. The number of amides is 1. The second-order valence-electron chi connectivity index (χ2n) is 7.99. The summed E-state index contributed by atoms with van der Waals surface area (Å²) in [5.41, 5.74) is 4.44. The van der Waals surface area contributed by atoms with Crippen molar-refractivity contribution in [1.82, 2.24) is 14.5 Å². The standard InChI is InChI=1S/C24H27Cl2N3O/c1-3-16-5-7-17(8-6-16)15-29-22-14-20(26)19(25)13-21(22)27-24(29)18-9-11-28(12-10-18)23(30)4-2/h5-8,13-14,18H,3-4,9-12,15H2,1-2H3. The van der Waals surface area contributed by atoms with Crippen molar-refractivity contribution in [2.45, 2.75) is 52.0 Å². The lowest BCUT2D eigenvalue weighted by Crippen LogP contribution is -2.38. The lowest BCUT2D eigenvalue weighted by molar-refractivity contribution is -0.131. The van der Waals surface area contributed by atoms with Gasteiger partial charge in [-0.1, -0.05) is 61.3 Å². The predicted octanol–water partition coefficient (Wildman–Crippen LogP) is 6.07. The molecular formula is C24H27Cl2N3O. The molecule has 6 heteroatoms. The average Bonchev–Trinajstić information content (AvgIpc) is 3.11. The van der Waals surface area contributed by atoms with Crippen molar-refractivity contribution >= 4 is 40.1 Å². The van der Waals surface area contributed by atoms with Crippen LogP contribution in [0.3, 0.4) is 0 Å². The van der Waals surface area contributed by atoms with E-state index in [0.29, 0.717) is 22.4 Å². The summed E-state index contributed by atoms with van der Waals surface area (Å²) < 4.78 is 2.28. The molecule has 1 aliphatic rings. The molecular weight excluding hydrogens is 417 g/mol. The Hall–Kier alpha value is -2.04. The van der Waals surface area contributed by atoms with Crippen molar-refractivity contribution in [3.05, 3.63) is 63.4 Å². The first-order valence-corrected chi connectivity index (χ1v) is 11.5. The molecule has 1 saturated heterocycles. The highest BCUT2D eigenvalue weighted by atomic mass is 35.5. The summed E-state index contributed by atoms with van der Waals surface area (Å²) >= 11 is 12.6. The second kappa shape index (κ2) is 8.99. The van der Waals surface area contributed by atoms with Crippen LogP contribution in [0.2, 0.25) is 10.0 Å². The Kier molecular flexibility index (Phi) is 6.35. The number of fused-ring (bicyclic) bond motifs is 1. The normalized spacial score (nSPS) is 15.1. The largest absolute Gasteiger partial charge is 0.343 e. The van der Waals surface area contributed by atoms with Gasteiger partial charge in [0.05, 0.1) is 21.1 Å². The molecule has 0 N–H and O–H groups in total. The Morgan fingerprint density at radius 2 is 1.67 bits per heavy atom. The monoisotopic (exact) mass is 443 g/mol. The van der Waals surface area contributed by atoms with Gasteiger partial charge in [0.25, 0.3) is 0 Å². The molecule has 158 valence electrons. The maximum Gasteiger partial charge on any atom is 0.222 e. The minimum atomic E-state index is 0.233. The molecule has 0 unspecified atom stereocenters. The van der Waals surface area contributed by atoms with Crippen LogP contribution in [0.1, 0.15) is 56.0 Å². The van der Waals surface area contributed by atoms with Crippen LogP contribution in [0.15, 0.2) is 36.4 Å². The fraction of sp³-hybridized carbons (Fsp3) is 0.417. The van der Waals surface area contributed by atoms with Crippen molar-refractivity contribution < 1.29 is 4.79 Å². The zero-order valence-electron chi connectivity index (χ0n) is 17.5. The number of likely N-dealkylation sites (tertiary alicyclic amines) is 1. The van der Waals surface area contributed by atoms with E-state index in [9.17, 15) is 4.79 Å². The van der Waals surface area contributed by atoms with E-state index in [2.05, 4.69) is 35.8 Å². The Morgan fingerprint density at radius 3 is 2.30 bits per heavy atom. The summed E-state index contributed by atoms with van der Waals surface area (Å²) in [5, 5.41) is 1.07. The maximum atomic E-state index is 12.1. The van der Waals surface area contributed by atoms with Crippen LogP contribution in [0.5, 0.6) is 0 Å². The fourth-order valence-corrected chi connectivity index (χ4v) is 4.61. The number of aromatic nitrogens is 2. The highest BCUT2D eigenvalue weighted by Crippen LogP contribution is 2.34. The number of rotatable bonds is 5. The van der Waals surface area contributed by atoms with Gasteiger partial charge in [0.15, 0.2) is 0 Å². The van der Waals surface area contributed by atoms with Gasteiger partial charge in [-0.05, 0) is 42.5 Å². The lowest BCUT2D eigenvalue weighted by atomic mass is 9.95. The first-order valence-electron chi connectivity index (χ1n) is 10.7. The molecule has 2 heterocycles. The number of hydrogen-bond acceptors (Lipinski definition) is 2. The van der Waals surface area contributed by atoms with E-state index in [1.165, 1.54) is 11.1 Å². The quantitative estimate of drug-likeness (QED) is 0.479. The SMILES string of the molecule is CCC(=O)N1CCC(c2nc3cc(Cl)c(Cl)cc3n2Cc2ccc(CC)cc2)CC1. The van der Waals surface area contributed by atoms with Gasteiger partial charge in [-0.2, -0.15) is 0 Å². The molecule has 0 atom stereocenters. The molecule has 3 aromatic rings. The summed E-state index contributed by atoms with van der Waals surface area (Å²) in [6.45, 7) is 6.39. The van der Waals surface area contributed by atoms with Gasteiger partial charge in [0, 0.05) is 32.0 Å². The molecule has 30 heavy (non-hydrogen) atoms. The average molecular weight is 444 g/mol. The molecule has 0 spiro atoms. The van der Waals surface area contributed by atoms with Crippen LogP contribution in [0, 0.1) is 0 Å². The van der Waals surface area contributed by atoms with Crippen LogP contribution < -0.4 is 0 Å². The van der Waals surface area contributed by atoms with Crippen molar-refractivity contribution in [2.75, 3.05) is 13.1 Å². The van der Waals surface area contributed by atoms with E-state index in [1.807, 2.05) is 24.0 Å². The number of benzene rings is 2. The van der Waals surface area contributed by atoms with Gasteiger partial charge in [0.1, 0.15) is 5.82 Å². The van der Waals surface area contributed by atoms with Gasteiger partial charge < -0.3 is 9.47 Å². The highest BCUT2D eigenvalue weighted by molar-refractivity contribution is 6.42. The van der Waals surface area contributed by atoms with Gasteiger partial charge in [-0.25, -0.2) is 4.98 Å². The van der Waals surface area contributed by atoms with Crippen LogP contribution in [0.25, 0.3) is 11.0 Å². The number of carbonyl (C=O) groups is 1. The Balaban J connectivity index is 1.69. The third-order valence-electron chi connectivity index (χ3n) is 6.11. The van der Waals surface area contributed by atoms with Crippen LogP contribution in [-0.2, 0) is 17.8 Å². The summed E-state index contributed by atoms with van der Waals surface area (Å²) in [6, 6.07) is 12.5. The number of aryl methyl sites for hydroxylation is 1. The Morgan fingerprint density at radius 1 is 1.03 bits per heavy atom. The van der Waals surface area contributed by atoms with Crippen LogP contribution in [0.4, 0.5) is 0 Å². The number of carbonyl (C=O) groups excluding carboxylic acids is 1. The van der Waals surface area contributed by atoms with E-state index in [0.717, 1.165) is 55.8 Å². The number of imidazole rings is 1. The number of halogens is 2. The molecule has 1 aromatic heterocycles. The van der Waals surface area contributed by atoms with Crippen molar-refractivity contribution in [3.8, 4) is 0 Å². The van der Waals surface area contributed by atoms with Gasteiger partial charge >= 0.3 is 0 Å². The van der Waals surface area contributed by atoms with E-state index in [1.54, 1.807) is 0 Å².